The number of anilines is 1. The quantitative estimate of drug-likeness (QED) is 0.484. The fourth-order valence-corrected chi connectivity index (χ4v) is 5.65. The van der Waals surface area contributed by atoms with E-state index >= 15 is 4.39 Å². The van der Waals surface area contributed by atoms with E-state index in [9.17, 15) is 4.79 Å². The molecule has 7 rings (SSSR count). The van der Waals surface area contributed by atoms with Crippen molar-refractivity contribution in [3.05, 3.63) is 70.9 Å². The Morgan fingerprint density at radius 3 is 2.88 bits per heavy atom. The number of imidazole rings is 1. The number of carbonyl (C=O) groups excluding carboxylic acids is 1. The molecule has 7 nitrogen and oxygen atoms in total. The Balaban J connectivity index is 1.32. The van der Waals surface area contributed by atoms with Crippen LogP contribution in [0.2, 0.25) is 0 Å². The van der Waals surface area contributed by atoms with E-state index in [1.165, 1.54) is 24.5 Å². The average Bonchev–Trinajstić information content (AvgIpc) is 3.58. The topological polar surface area (TPSA) is 85.8 Å². The Hall–Kier alpha value is -3.52. The van der Waals surface area contributed by atoms with Gasteiger partial charge in [0.2, 0.25) is 0 Å². The number of hydrogen-bond acceptors (Lipinski definition) is 5. The molecule has 2 atom stereocenters. The molecule has 2 fully saturated rings. The molecule has 0 spiro atoms. The highest BCUT2D eigenvalue weighted by Gasteiger charge is 2.41. The number of rotatable bonds is 2. The van der Waals surface area contributed by atoms with E-state index in [-0.39, 0.29) is 29.4 Å². The summed E-state index contributed by atoms with van der Waals surface area (Å²) in [6, 6.07) is 9.23. The van der Waals surface area contributed by atoms with E-state index in [0.717, 1.165) is 24.0 Å². The van der Waals surface area contributed by atoms with Crippen LogP contribution in [0.5, 0.6) is 0 Å². The van der Waals surface area contributed by atoms with E-state index < -0.39 is 5.82 Å². The first-order chi connectivity index (χ1) is 16.6. The van der Waals surface area contributed by atoms with E-state index in [1.54, 1.807) is 27.9 Å². The number of nitrogen functional groups attached to an aromatic ring is 1. The number of ether oxygens (including phenoxy) is 1. The van der Waals surface area contributed by atoms with Gasteiger partial charge in [-0.25, -0.2) is 14.4 Å². The molecule has 34 heavy (non-hydrogen) atoms. The van der Waals surface area contributed by atoms with Gasteiger partial charge in [0, 0.05) is 12.6 Å². The Labute approximate surface area is 195 Å². The monoisotopic (exact) mass is 457 g/mol. The number of carbonyl (C=O) groups is 1. The predicted octanol–water partition coefficient (Wildman–Crippen LogP) is 4.36. The minimum Gasteiger partial charge on any atom is -0.382 e. The second-order valence-corrected chi connectivity index (χ2v) is 9.63. The van der Waals surface area contributed by atoms with Crippen LogP contribution in [-0.2, 0) is 11.3 Å². The number of fused-ring (bicyclic) bond motifs is 6. The van der Waals surface area contributed by atoms with Crippen molar-refractivity contribution >= 4 is 28.3 Å². The Morgan fingerprint density at radius 1 is 1.15 bits per heavy atom. The normalized spacial score (nSPS) is 22.1. The summed E-state index contributed by atoms with van der Waals surface area (Å²) < 4.78 is 23.2. The standard InChI is InChI=1S/C26H24FN5O2/c27-19-10-20-21(32-13-29-11-22(32)25(28)30-20)9-18(19)26(33)31-7-1-2-23-24(31)17-6-5-15(14-3-4-14)8-16(17)12-34-23/h5-6,8-11,13-14,23-24H,1-4,7,12H2,(H2,28,30). The Kier molecular flexibility index (Phi) is 4.24. The van der Waals surface area contributed by atoms with Crippen LogP contribution in [0, 0.1) is 5.82 Å². The lowest BCUT2D eigenvalue weighted by atomic mass is 9.86. The van der Waals surface area contributed by atoms with Crippen LogP contribution in [0.25, 0.3) is 16.6 Å². The average molecular weight is 458 g/mol. The zero-order valence-electron chi connectivity index (χ0n) is 18.6. The third-order valence-corrected chi connectivity index (χ3v) is 7.52. The second kappa shape index (κ2) is 7.24. The van der Waals surface area contributed by atoms with E-state index in [0.29, 0.717) is 35.6 Å². The Bertz CT molecular complexity index is 1480. The van der Waals surface area contributed by atoms with Crippen molar-refractivity contribution in [3.63, 3.8) is 0 Å². The zero-order chi connectivity index (χ0) is 23.0. The predicted molar refractivity (Wildman–Crippen MR) is 125 cm³/mol. The molecule has 0 bridgehead atoms. The molecule has 1 saturated heterocycles. The van der Waals surface area contributed by atoms with Gasteiger partial charge in [0.25, 0.3) is 5.91 Å². The van der Waals surface area contributed by atoms with Gasteiger partial charge in [-0.1, -0.05) is 18.2 Å². The number of nitrogens with zero attached hydrogens (tertiary/aromatic N) is 4. The number of halogens is 1. The van der Waals surface area contributed by atoms with Crippen LogP contribution >= 0.6 is 0 Å². The third kappa shape index (κ3) is 2.94. The van der Waals surface area contributed by atoms with Crippen LogP contribution in [0.3, 0.4) is 0 Å². The minimum atomic E-state index is -0.605. The number of nitrogens with two attached hydrogens (primary N) is 1. The summed E-state index contributed by atoms with van der Waals surface area (Å²) in [7, 11) is 0. The first-order valence-corrected chi connectivity index (χ1v) is 11.8. The first-order valence-electron chi connectivity index (χ1n) is 11.8. The highest BCUT2D eigenvalue weighted by atomic mass is 19.1. The summed E-state index contributed by atoms with van der Waals surface area (Å²) in [6.07, 6.45) is 7.31. The molecule has 2 aromatic heterocycles. The second-order valence-electron chi connectivity index (χ2n) is 9.63. The van der Waals surface area contributed by atoms with Gasteiger partial charge < -0.3 is 15.4 Å². The maximum absolute atomic E-state index is 15.3. The SMILES string of the molecule is Nc1nc2cc(F)c(C(=O)N3CCCC4OCc5cc(C6CC6)ccc5C43)cc2n2cncc12. The zero-order valence-corrected chi connectivity index (χ0v) is 18.6. The Morgan fingerprint density at radius 2 is 2.03 bits per heavy atom. The molecule has 1 saturated carbocycles. The number of piperidine rings is 1. The van der Waals surface area contributed by atoms with Crippen molar-refractivity contribution in [1.29, 1.82) is 0 Å². The summed E-state index contributed by atoms with van der Waals surface area (Å²) >= 11 is 0. The summed E-state index contributed by atoms with van der Waals surface area (Å²) in [6.45, 7) is 1.13. The fourth-order valence-electron chi connectivity index (χ4n) is 5.65. The van der Waals surface area contributed by atoms with Crippen molar-refractivity contribution in [1.82, 2.24) is 19.3 Å². The van der Waals surface area contributed by atoms with Gasteiger partial charge in [-0.15, -0.1) is 0 Å². The van der Waals surface area contributed by atoms with Gasteiger partial charge in [-0.3, -0.25) is 9.20 Å². The van der Waals surface area contributed by atoms with Crippen molar-refractivity contribution in [2.45, 2.75) is 50.4 Å². The number of aromatic nitrogens is 3. The molecule has 172 valence electrons. The highest BCUT2D eigenvalue weighted by molar-refractivity contribution is 5.99. The van der Waals surface area contributed by atoms with Gasteiger partial charge in [0.15, 0.2) is 0 Å². The lowest BCUT2D eigenvalue weighted by Crippen LogP contribution is -2.48. The number of likely N-dealkylation sites (tertiary alicyclic amines) is 1. The molecule has 2 unspecified atom stereocenters. The van der Waals surface area contributed by atoms with Crippen LogP contribution in [0.1, 0.15) is 64.7 Å². The molecule has 2 aromatic carbocycles. The number of amides is 1. The van der Waals surface area contributed by atoms with Crippen LogP contribution in [-0.4, -0.2) is 37.8 Å². The third-order valence-electron chi connectivity index (χ3n) is 7.52. The van der Waals surface area contributed by atoms with Gasteiger partial charge >= 0.3 is 0 Å². The highest BCUT2D eigenvalue weighted by Crippen LogP contribution is 2.44. The van der Waals surface area contributed by atoms with E-state index in [2.05, 4.69) is 28.2 Å². The van der Waals surface area contributed by atoms with Gasteiger partial charge in [0.05, 0.1) is 47.9 Å². The lowest BCUT2D eigenvalue weighted by Gasteiger charge is -2.44. The summed E-state index contributed by atoms with van der Waals surface area (Å²) in [4.78, 5) is 24.1. The molecule has 1 aliphatic carbocycles. The summed E-state index contributed by atoms with van der Waals surface area (Å²) in [5.74, 6) is -0.0146. The molecular formula is C26H24FN5O2. The molecule has 8 heteroatoms. The molecule has 3 aliphatic rings. The minimum absolute atomic E-state index is 0.0245. The van der Waals surface area contributed by atoms with Crippen molar-refractivity contribution in [3.8, 4) is 0 Å². The molecule has 2 N–H and O–H groups in total. The number of benzene rings is 2. The summed E-state index contributed by atoms with van der Waals surface area (Å²) in [5.41, 5.74) is 11.2. The largest absolute Gasteiger partial charge is 0.382 e. The maximum Gasteiger partial charge on any atom is 0.257 e. The lowest BCUT2D eigenvalue weighted by molar-refractivity contribution is -0.0571. The molecule has 0 radical (unpaired) electrons. The van der Waals surface area contributed by atoms with Gasteiger partial charge in [0.1, 0.15) is 17.2 Å². The van der Waals surface area contributed by atoms with Crippen molar-refractivity contribution in [2.75, 3.05) is 12.3 Å². The fraction of sp³-hybridized carbons (Fsp3) is 0.346. The molecule has 1 amide bonds. The van der Waals surface area contributed by atoms with Crippen LogP contribution in [0.15, 0.2) is 42.9 Å². The van der Waals surface area contributed by atoms with Crippen molar-refractivity contribution < 1.29 is 13.9 Å². The van der Waals surface area contributed by atoms with Crippen molar-refractivity contribution in [2.24, 2.45) is 0 Å². The van der Waals surface area contributed by atoms with E-state index in [4.69, 9.17) is 10.5 Å². The molecule has 4 aromatic rings. The molecular weight excluding hydrogens is 433 g/mol. The maximum atomic E-state index is 15.3. The van der Waals surface area contributed by atoms with E-state index in [1.807, 2.05) is 0 Å². The smallest absolute Gasteiger partial charge is 0.257 e. The van der Waals surface area contributed by atoms with Gasteiger partial charge in [-0.05, 0) is 54.4 Å². The van der Waals surface area contributed by atoms with Crippen LogP contribution in [0.4, 0.5) is 10.2 Å². The summed E-state index contributed by atoms with van der Waals surface area (Å²) in [5, 5.41) is 0. The number of hydrogen-bond donors (Lipinski definition) is 1. The van der Waals surface area contributed by atoms with Crippen LogP contribution < -0.4 is 5.73 Å². The molecule has 2 aliphatic heterocycles. The van der Waals surface area contributed by atoms with Gasteiger partial charge in [-0.2, -0.15) is 0 Å². The first kappa shape index (κ1) is 19.9. The molecule has 4 heterocycles.